The molecule has 1 atom stereocenters. The van der Waals surface area contributed by atoms with Crippen molar-refractivity contribution in [2.75, 3.05) is 24.7 Å². The smallest absolute Gasteiger partial charge is 0.327 e. The Labute approximate surface area is 119 Å². The van der Waals surface area contributed by atoms with Crippen LogP contribution in [-0.4, -0.2) is 30.6 Å². The van der Waals surface area contributed by atoms with Gasteiger partial charge in [0.15, 0.2) is 0 Å². The summed E-state index contributed by atoms with van der Waals surface area (Å²) >= 11 is 1.66. The van der Waals surface area contributed by atoms with Gasteiger partial charge >= 0.3 is 5.97 Å². The minimum atomic E-state index is -0.410. The summed E-state index contributed by atoms with van der Waals surface area (Å²) in [5.74, 6) is 3.89. The van der Waals surface area contributed by atoms with Gasteiger partial charge in [0.2, 0.25) is 0 Å². The van der Waals surface area contributed by atoms with Crippen LogP contribution in [0.5, 0.6) is 0 Å². The molecule has 1 unspecified atom stereocenters. The molecule has 0 amide bonds. The van der Waals surface area contributed by atoms with Crippen LogP contribution in [0.2, 0.25) is 0 Å². The lowest BCUT2D eigenvalue weighted by Gasteiger charge is -2.17. The summed E-state index contributed by atoms with van der Waals surface area (Å²) in [6, 6.07) is 9.18. The molecule has 0 saturated carbocycles. The third-order valence-corrected chi connectivity index (χ3v) is 3.30. The lowest BCUT2D eigenvalue weighted by Crippen LogP contribution is -2.31. The molecule has 0 heterocycles. The van der Waals surface area contributed by atoms with Gasteiger partial charge in [0.25, 0.3) is 0 Å². The van der Waals surface area contributed by atoms with Crippen LogP contribution in [0.15, 0.2) is 30.3 Å². The predicted molar refractivity (Wildman–Crippen MR) is 80.0 cm³/mol. The van der Waals surface area contributed by atoms with Gasteiger partial charge in [0.05, 0.1) is 12.4 Å². The van der Waals surface area contributed by atoms with E-state index in [0.29, 0.717) is 18.9 Å². The summed E-state index contributed by atoms with van der Waals surface area (Å²) < 4.78 is 5.10. The van der Waals surface area contributed by atoms with E-state index in [1.54, 1.807) is 11.8 Å². The molecule has 0 aliphatic rings. The van der Waals surface area contributed by atoms with Crippen molar-refractivity contribution >= 4 is 17.7 Å². The molecule has 0 aliphatic carbocycles. The second-order valence-electron chi connectivity index (χ2n) is 3.81. The number of hydrogen-bond donors (Lipinski definition) is 1. The van der Waals surface area contributed by atoms with Gasteiger partial charge in [-0.15, -0.1) is 18.2 Å². The zero-order valence-electron chi connectivity index (χ0n) is 11.1. The highest BCUT2D eigenvalue weighted by molar-refractivity contribution is 7.99. The topological polar surface area (TPSA) is 38.3 Å². The van der Waals surface area contributed by atoms with Crippen molar-refractivity contribution in [1.29, 1.82) is 0 Å². The van der Waals surface area contributed by atoms with E-state index in [1.807, 2.05) is 37.3 Å². The van der Waals surface area contributed by atoms with Crippen molar-refractivity contribution in [1.82, 2.24) is 5.32 Å². The molecule has 0 aromatic heterocycles. The van der Waals surface area contributed by atoms with Gasteiger partial charge in [-0.05, 0) is 12.5 Å². The largest absolute Gasteiger partial charge is 0.465 e. The minimum Gasteiger partial charge on any atom is -0.465 e. The molecule has 4 heteroatoms. The number of rotatable bonds is 8. The highest BCUT2D eigenvalue weighted by Crippen LogP contribution is 2.14. The standard InChI is InChI=1S/C15H19NO2S/c1-3-11-19-12-10-16-14(15(17)18-4-2)13-8-6-5-7-9-13/h1,5-9,14,16H,4,10-12H2,2H3. The number of thioether (sulfide) groups is 1. The normalized spacial score (nSPS) is 11.6. The van der Waals surface area contributed by atoms with E-state index in [4.69, 9.17) is 11.2 Å². The minimum absolute atomic E-state index is 0.240. The third-order valence-electron chi connectivity index (χ3n) is 2.44. The molecular formula is C15H19NO2S. The summed E-state index contributed by atoms with van der Waals surface area (Å²) in [5.41, 5.74) is 0.919. The maximum absolute atomic E-state index is 11.9. The molecule has 0 aliphatic heterocycles. The van der Waals surface area contributed by atoms with E-state index < -0.39 is 6.04 Å². The molecule has 1 aromatic rings. The van der Waals surface area contributed by atoms with Gasteiger partial charge in [-0.2, -0.15) is 0 Å². The lowest BCUT2D eigenvalue weighted by atomic mass is 10.1. The molecular weight excluding hydrogens is 258 g/mol. The second kappa shape index (κ2) is 9.48. The molecule has 0 bridgehead atoms. The Morgan fingerprint density at radius 3 is 2.84 bits per heavy atom. The van der Waals surface area contributed by atoms with Crippen molar-refractivity contribution in [3.05, 3.63) is 35.9 Å². The predicted octanol–water partition coefficient (Wildman–Crippen LogP) is 2.25. The summed E-state index contributed by atoms with van der Waals surface area (Å²) in [4.78, 5) is 11.9. The molecule has 0 fully saturated rings. The molecule has 102 valence electrons. The molecule has 19 heavy (non-hydrogen) atoms. The molecule has 0 saturated heterocycles. The lowest BCUT2D eigenvalue weighted by molar-refractivity contribution is -0.145. The van der Waals surface area contributed by atoms with Crippen molar-refractivity contribution < 1.29 is 9.53 Å². The number of esters is 1. The van der Waals surface area contributed by atoms with E-state index >= 15 is 0 Å². The Hall–Kier alpha value is -1.44. The van der Waals surface area contributed by atoms with Crippen LogP contribution < -0.4 is 5.32 Å². The molecule has 0 spiro atoms. The molecule has 0 radical (unpaired) electrons. The van der Waals surface area contributed by atoms with Gasteiger partial charge in [0, 0.05) is 12.3 Å². The highest BCUT2D eigenvalue weighted by atomic mass is 32.2. The number of ether oxygens (including phenoxy) is 1. The number of terminal acetylenes is 1. The Morgan fingerprint density at radius 2 is 2.21 bits per heavy atom. The molecule has 1 rings (SSSR count). The van der Waals surface area contributed by atoms with E-state index in [2.05, 4.69) is 11.2 Å². The third kappa shape index (κ3) is 5.82. The zero-order chi connectivity index (χ0) is 13.9. The van der Waals surface area contributed by atoms with E-state index in [-0.39, 0.29) is 5.97 Å². The highest BCUT2D eigenvalue weighted by Gasteiger charge is 2.20. The van der Waals surface area contributed by atoms with Gasteiger partial charge in [0.1, 0.15) is 6.04 Å². The van der Waals surface area contributed by atoms with Crippen LogP contribution in [0, 0.1) is 12.3 Å². The van der Waals surface area contributed by atoms with E-state index in [1.165, 1.54) is 0 Å². The van der Waals surface area contributed by atoms with Crippen LogP contribution in [0.25, 0.3) is 0 Å². The average molecular weight is 277 g/mol. The number of hydrogen-bond acceptors (Lipinski definition) is 4. The van der Waals surface area contributed by atoms with Crippen LogP contribution in [0.3, 0.4) is 0 Å². The Balaban J connectivity index is 2.56. The van der Waals surface area contributed by atoms with Crippen LogP contribution >= 0.6 is 11.8 Å². The van der Waals surface area contributed by atoms with Gasteiger partial charge in [-0.3, -0.25) is 5.32 Å². The van der Waals surface area contributed by atoms with E-state index in [0.717, 1.165) is 11.3 Å². The average Bonchev–Trinajstić information content (AvgIpc) is 2.44. The first-order valence-electron chi connectivity index (χ1n) is 6.25. The quantitative estimate of drug-likeness (QED) is 0.449. The monoisotopic (exact) mass is 277 g/mol. The van der Waals surface area contributed by atoms with Gasteiger partial charge in [-0.1, -0.05) is 36.3 Å². The van der Waals surface area contributed by atoms with Gasteiger partial charge in [-0.25, -0.2) is 4.79 Å². The Morgan fingerprint density at radius 1 is 1.47 bits per heavy atom. The summed E-state index contributed by atoms with van der Waals surface area (Å²) in [6.07, 6.45) is 5.18. The summed E-state index contributed by atoms with van der Waals surface area (Å²) in [7, 11) is 0. The summed E-state index contributed by atoms with van der Waals surface area (Å²) in [5, 5.41) is 3.22. The second-order valence-corrected chi connectivity index (χ2v) is 4.91. The van der Waals surface area contributed by atoms with Crippen LogP contribution in [-0.2, 0) is 9.53 Å². The Kier molecular flexibility index (Phi) is 7.80. The number of carbonyl (C=O) groups is 1. The number of carbonyl (C=O) groups excluding carboxylic acids is 1. The summed E-state index contributed by atoms with van der Waals surface area (Å²) in [6.45, 7) is 2.91. The Bertz CT molecular complexity index is 414. The first-order chi connectivity index (χ1) is 9.29. The SMILES string of the molecule is C#CCSCCNC(C(=O)OCC)c1ccccc1. The zero-order valence-corrected chi connectivity index (χ0v) is 11.9. The first-order valence-corrected chi connectivity index (χ1v) is 7.41. The fourth-order valence-corrected chi connectivity index (χ4v) is 2.14. The maximum atomic E-state index is 11.9. The maximum Gasteiger partial charge on any atom is 0.327 e. The van der Waals surface area contributed by atoms with Crippen molar-refractivity contribution in [3.63, 3.8) is 0 Å². The first kappa shape index (κ1) is 15.6. The fourth-order valence-electron chi connectivity index (χ4n) is 1.61. The number of nitrogens with one attached hydrogen (secondary N) is 1. The fraction of sp³-hybridized carbons (Fsp3) is 0.400. The molecule has 1 N–H and O–H groups in total. The van der Waals surface area contributed by atoms with Crippen LogP contribution in [0.4, 0.5) is 0 Å². The van der Waals surface area contributed by atoms with Gasteiger partial charge < -0.3 is 4.74 Å². The number of benzene rings is 1. The van der Waals surface area contributed by atoms with E-state index in [9.17, 15) is 4.79 Å². The van der Waals surface area contributed by atoms with Crippen molar-refractivity contribution in [3.8, 4) is 12.3 Å². The van der Waals surface area contributed by atoms with Crippen molar-refractivity contribution in [2.45, 2.75) is 13.0 Å². The van der Waals surface area contributed by atoms with Crippen LogP contribution in [0.1, 0.15) is 18.5 Å². The molecule has 1 aromatic carbocycles. The van der Waals surface area contributed by atoms with Crippen molar-refractivity contribution in [2.24, 2.45) is 0 Å². The molecule has 3 nitrogen and oxygen atoms in total.